The summed E-state index contributed by atoms with van der Waals surface area (Å²) in [5.74, 6) is -0.254. The molecule has 3 aliphatic rings. The first-order valence-electron chi connectivity index (χ1n) is 22.3. The van der Waals surface area contributed by atoms with Crippen LogP contribution in [0.4, 0.5) is 4.79 Å². The topological polar surface area (TPSA) is 146 Å². The third-order valence-electron chi connectivity index (χ3n) is 12.8. The molecule has 6 atom stereocenters. The molecule has 2 aliphatic carbocycles. The number of hydrogen-bond donors (Lipinski definition) is 2. The van der Waals surface area contributed by atoms with Crippen LogP contribution >= 0.6 is 0 Å². The molecular formula is C52H60N2O10. The lowest BCUT2D eigenvalue weighted by molar-refractivity contribution is -0.256. The fourth-order valence-electron chi connectivity index (χ4n) is 10.1. The molecule has 2 N–H and O–H groups in total. The van der Waals surface area contributed by atoms with Crippen LogP contribution in [0.5, 0.6) is 23.0 Å². The van der Waals surface area contributed by atoms with Gasteiger partial charge >= 0.3 is 6.09 Å². The van der Waals surface area contributed by atoms with E-state index in [4.69, 9.17) is 33.7 Å². The first-order valence-corrected chi connectivity index (χ1v) is 22.3. The number of rotatable bonds is 22. The molecule has 6 unspecified atom stereocenters. The lowest BCUT2D eigenvalue weighted by Crippen LogP contribution is -2.70. The molecule has 7 rings (SSSR count). The highest BCUT2D eigenvalue weighted by atomic mass is 16.7. The number of allylic oxidation sites excluding steroid dienone is 1. The van der Waals surface area contributed by atoms with Gasteiger partial charge in [-0.25, -0.2) is 4.79 Å². The van der Waals surface area contributed by atoms with Crippen LogP contribution in [0.15, 0.2) is 121 Å². The van der Waals surface area contributed by atoms with Gasteiger partial charge in [0.15, 0.2) is 6.29 Å². The van der Waals surface area contributed by atoms with Gasteiger partial charge in [-0.2, -0.15) is 0 Å². The van der Waals surface area contributed by atoms with Crippen LogP contribution in [0.1, 0.15) is 78.8 Å². The summed E-state index contributed by atoms with van der Waals surface area (Å²) in [7, 11) is 3.04. The van der Waals surface area contributed by atoms with Gasteiger partial charge in [-0.15, -0.1) is 13.2 Å². The van der Waals surface area contributed by atoms with Crippen molar-refractivity contribution in [3.8, 4) is 23.0 Å². The lowest BCUT2D eigenvalue weighted by Gasteiger charge is -2.59. The minimum absolute atomic E-state index is 0.000133. The minimum atomic E-state index is -1.49. The van der Waals surface area contributed by atoms with Crippen molar-refractivity contribution in [1.29, 1.82) is 0 Å². The number of amides is 1. The number of nitrogens with zero attached hydrogens (tertiary/aromatic N) is 2. The minimum Gasteiger partial charge on any atom is -0.496 e. The van der Waals surface area contributed by atoms with Crippen LogP contribution < -0.4 is 14.2 Å². The number of unbranched alkanes of at least 4 members (excludes halogenated alkanes) is 2. The van der Waals surface area contributed by atoms with E-state index in [0.29, 0.717) is 53.5 Å². The lowest BCUT2D eigenvalue weighted by atomic mass is 9.55. The predicted octanol–water partition coefficient (Wildman–Crippen LogP) is 9.93. The third-order valence-corrected chi connectivity index (χ3v) is 12.8. The first kappa shape index (κ1) is 46.1. The van der Waals surface area contributed by atoms with E-state index in [1.54, 1.807) is 35.3 Å². The fraction of sp³-hybridized carbons (Fsp3) is 0.404. The summed E-state index contributed by atoms with van der Waals surface area (Å²) in [6, 6.07) is 24.2. The van der Waals surface area contributed by atoms with Crippen molar-refractivity contribution >= 4 is 28.9 Å². The number of hydrogen-bond acceptors (Lipinski definition) is 11. The summed E-state index contributed by atoms with van der Waals surface area (Å²) in [5, 5.41) is 26.7. The van der Waals surface area contributed by atoms with Gasteiger partial charge in [0.2, 0.25) is 5.79 Å². The van der Waals surface area contributed by atoms with Crippen molar-refractivity contribution in [2.75, 3.05) is 40.6 Å². The van der Waals surface area contributed by atoms with Crippen LogP contribution in [0.3, 0.4) is 0 Å². The Labute approximate surface area is 375 Å². The molecule has 1 aliphatic heterocycles. The molecule has 12 nitrogen and oxygen atoms in total. The Bertz CT molecular complexity index is 2340. The van der Waals surface area contributed by atoms with Gasteiger partial charge in [-0.1, -0.05) is 78.7 Å². The van der Waals surface area contributed by atoms with Gasteiger partial charge < -0.3 is 38.7 Å². The Kier molecular flexibility index (Phi) is 15.6. The summed E-state index contributed by atoms with van der Waals surface area (Å²) in [6.07, 6.45) is 11.0. The molecule has 0 radical (unpaired) electrons. The normalized spacial score (nSPS) is 22.6. The summed E-state index contributed by atoms with van der Waals surface area (Å²) in [5.41, 5.74) is 3.75. The number of carbonyl (C=O) groups is 2. The van der Waals surface area contributed by atoms with Crippen molar-refractivity contribution in [3.63, 3.8) is 0 Å². The van der Waals surface area contributed by atoms with Gasteiger partial charge in [-0.05, 0) is 102 Å². The number of aldehydes is 1. The average molecular weight is 873 g/mol. The SMILES string of the molecule is C=CCCOC(=O)N(Cc1cccc2ccccc12)C1CC(=NOC)C2=CC(CCCCO)C(CCCCO)C3c4cc(Oc5ccc(OC)c(C=O)c5)ccc4OC1(OCC=C)C23. The Hall–Kier alpha value is -5.95. The van der Waals surface area contributed by atoms with E-state index >= 15 is 0 Å². The monoisotopic (exact) mass is 872 g/mol. The number of aliphatic hydroxyl groups is 2. The molecule has 338 valence electrons. The Morgan fingerprint density at radius 3 is 2.45 bits per heavy atom. The van der Waals surface area contributed by atoms with E-state index in [0.717, 1.165) is 59.4 Å². The number of oxime groups is 1. The molecule has 1 heterocycles. The molecule has 64 heavy (non-hydrogen) atoms. The van der Waals surface area contributed by atoms with E-state index in [1.807, 2.05) is 42.5 Å². The quantitative estimate of drug-likeness (QED) is 0.0339. The van der Waals surface area contributed by atoms with Gasteiger partial charge in [0, 0.05) is 31.1 Å². The number of ether oxygens (including phenoxy) is 5. The molecule has 1 fully saturated rings. The summed E-state index contributed by atoms with van der Waals surface area (Å²) >= 11 is 0. The molecular weight excluding hydrogens is 813 g/mol. The van der Waals surface area contributed by atoms with Crippen LogP contribution in [0, 0.1) is 17.8 Å². The molecule has 12 heteroatoms. The molecule has 0 aromatic heterocycles. The molecule has 0 saturated heterocycles. The molecule has 1 saturated carbocycles. The van der Waals surface area contributed by atoms with Crippen molar-refractivity contribution in [1.82, 2.24) is 4.90 Å². The Balaban J connectivity index is 1.45. The zero-order valence-corrected chi connectivity index (χ0v) is 36.9. The van der Waals surface area contributed by atoms with Crippen LogP contribution in [0.25, 0.3) is 10.8 Å². The molecule has 1 amide bonds. The standard InChI is InChI=1S/C52H60N2O10/c1-5-7-28-61-51(58)54(33-37-18-14-17-35-15-8-9-19-41(35)37)48-32-45(53-60-4)43-30-36(16-10-12-25-55)42(20-11-13-26-56)49-44-31-40(63-39-21-23-46(59-3)38(29-39)34-57)22-24-47(44)64-52(48,50(43)49)62-27-6-2/h5-6,8-9,14-15,17-19,21-24,29-31,34,36,42,48-50,55-56H,1-2,7,10-13,16,20,25-28,32-33H2,3-4H3. The summed E-state index contributed by atoms with van der Waals surface area (Å²) in [6.45, 7) is 8.46. The Morgan fingerprint density at radius 2 is 1.70 bits per heavy atom. The molecule has 0 bridgehead atoms. The van der Waals surface area contributed by atoms with Crippen molar-refractivity contribution in [3.05, 3.63) is 133 Å². The zero-order chi connectivity index (χ0) is 45.1. The molecule has 0 spiro atoms. The number of methoxy groups -OCH3 is 1. The van der Waals surface area contributed by atoms with E-state index in [2.05, 4.69) is 37.4 Å². The number of benzene rings is 4. The maximum atomic E-state index is 14.8. The van der Waals surface area contributed by atoms with Crippen LogP contribution in [0.2, 0.25) is 0 Å². The number of fused-ring (bicyclic) bond motifs is 3. The average Bonchev–Trinajstić information content (AvgIpc) is 3.31. The fourth-order valence-corrected chi connectivity index (χ4v) is 10.1. The zero-order valence-electron chi connectivity index (χ0n) is 36.9. The second-order valence-corrected chi connectivity index (χ2v) is 16.5. The maximum Gasteiger partial charge on any atom is 0.410 e. The van der Waals surface area contributed by atoms with Gasteiger partial charge in [0.25, 0.3) is 0 Å². The largest absolute Gasteiger partial charge is 0.496 e. The number of aliphatic hydroxyl groups excluding tert-OH is 2. The van der Waals surface area contributed by atoms with E-state index in [9.17, 15) is 19.8 Å². The second kappa shape index (κ2) is 21.6. The highest BCUT2D eigenvalue weighted by Gasteiger charge is 2.65. The van der Waals surface area contributed by atoms with Gasteiger partial charge in [0.1, 0.15) is 36.1 Å². The summed E-state index contributed by atoms with van der Waals surface area (Å²) < 4.78 is 32.4. The van der Waals surface area contributed by atoms with Crippen molar-refractivity contribution in [2.24, 2.45) is 22.9 Å². The molecule has 4 aromatic carbocycles. The first-order chi connectivity index (χ1) is 31.3. The maximum absolute atomic E-state index is 14.8. The van der Waals surface area contributed by atoms with Gasteiger partial charge in [-0.3, -0.25) is 9.69 Å². The van der Waals surface area contributed by atoms with Crippen LogP contribution in [-0.2, 0) is 20.9 Å². The smallest absolute Gasteiger partial charge is 0.410 e. The van der Waals surface area contributed by atoms with Crippen molar-refractivity contribution in [2.45, 2.75) is 75.7 Å². The highest BCUT2D eigenvalue weighted by Crippen LogP contribution is 2.62. The van der Waals surface area contributed by atoms with Gasteiger partial charge in [0.05, 0.1) is 44.1 Å². The Morgan fingerprint density at radius 1 is 0.938 bits per heavy atom. The van der Waals surface area contributed by atoms with Crippen LogP contribution in [-0.4, -0.2) is 85.7 Å². The highest BCUT2D eigenvalue weighted by molar-refractivity contribution is 6.03. The number of carbonyl (C=O) groups excluding carboxylic acids is 2. The van der Waals surface area contributed by atoms with E-state index in [1.165, 1.54) is 14.2 Å². The van der Waals surface area contributed by atoms with E-state index in [-0.39, 0.29) is 57.1 Å². The predicted molar refractivity (Wildman–Crippen MR) is 246 cm³/mol. The van der Waals surface area contributed by atoms with Crippen molar-refractivity contribution < 1.29 is 48.3 Å². The molecule has 4 aromatic rings. The second-order valence-electron chi connectivity index (χ2n) is 16.5. The van der Waals surface area contributed by atoms with E-state index < -0.39 is 23.8 Å². The third kappa shape index (κ3) is 9.60. The summed E-state index contributed by atoms with van der Waals surface area (Å²) in [4.78, 5) is 34.1.